The van der Waals surface area contributed by atoms with Gasteiger partial charge in [-0.05, 0) is 51.4 Å². The molecule has 0 bridgehead atoms. The third-order valence-corrected chi connectivity index (χ3v) is 4.67. The van der Waals surface area contributed by atoms with Crippen LogP contribution in [-0.4, -0.2) is 29.9 Å². The highest BCUT2D eigenvalue weighted by atomic mass is 35.5. The molecule has 1 aliphatic rings. The maximum absolute atomic E-state index is 12.0. The molecule has 1 aromatic rings. The van der Waals surface area contributed by atoms with E-state index in [2.05, 4.69) is 10.2 Å². The number of benzene rings is 1. The third kappa shape index (κ3) is 4.60. The first-order chi connectivity index (χ1) is 9.97. The number of nitrogens with zero attached hydrogens (tertiary/aromatic N) is 1. The monoisotopic (exact) mass is 328 g/mol. The molecule has 0 spiro atoms. The van der Waals surface area contributed by atoms with Gasteiger partial charge in [0, 0.05) is 18.5 Å². The first-order valence-electron chi connectivity index (χ1n) is 7.43. The minimum absolute atomic E-state index is 0.137. The first kappa shape index (κ1) is 16.6. The average molecular weight is 329 g/mol. The Morgan fingerprint density at radius 2 is 2.00 bits per heavy atom. The highest BCUT2D eigenvalue weighted by Gasteiger charge is 2.25. The lowest BCUT2D eigenvalue weighted by molar-refractivity contribution is -0.127. The van der Waals surface area contributed by atoms with Gasteiger partial charge in [-0.15, -0.1) is 0 Å². The maximum Gasteiger partial charge on any atom is 0.223 e. The van der Waals surface area contributed by atoms with E-state index in [4.69, 9.17) is 23.2 Å². The van der Waals surface area contributed by atoms with E-state index in [-0.39, 0.29) is 17.9 Å². The fraction of sp³-hybridized carbons (Fsp3) is 0.562. The lowest BCUT2D eigenvalue weighted by Gasteiger charge is -2.31. The number of nitrogens with one attached hydrogen (secondary N) is 1. The number of halogens is 2. The summed E-state index contributed by atoms with van der Waals surface area (Å²) < 4.78 is 0. The topological polar surface area (TPSA) is 32.3 Å². The normalized spacial score (nSPS) is 17.2. The van der Waals surface area contributed by atoms with Crippen LogP contribution in [0.1, 0.15) is 32.3 Å². The molecule has 0 aromatic heterocycles. The first-order valence-corrected chi connectivity index (χ1v) is 8.18. The van der Waals surface area contributed by atoms with E-state index in [1.807, 2.05) is 26.0 Å². The maximum atomic E-state index is 12.0. The number of rotatable bonds is 4. The van der Waals surface area contributed by atoms with E-state index >= 15 is 0 Å². The van der Waals surface area contributed by atoms with Crippen LogP contribution in [0.2, 0.25) is 10.0 Å². The largest absolute Gasteiger partial charge is 0.354 e. The van der Waals surface area contributed by atoms with Crippen LogP contribution < -0.4 is 5.32 Å². The predicted octanol–water partition coefficient (Wildman–Crippen LogP) is 3.73. The summed E-state index contributed by atoms with van der Waals surface area (Å²) in [5, 5.41) is 4.23. The lowest BCUT2D eigenvalue weighted by atomic mass is 9.95. The minimum Gasteiger partial charge on any atom is -0.354 e. The quantitative estimate of drug-likeness (QED) is 0.913. The third-order valence-electron chi connectivity index (χ3n) is 3.81. The summed E-state index contributed by atoms with van der Waals surface area (Å²) in [7, 11) is 0. The minimum atomic E-state index is 0.137. The molecule has 1 heterocycles. The van der Waals surface area contributed by atoms with Crippen LogP contribution >= 0.6 is 23.2 Å². The van der Waals surface area contributed by atoms with Gasteiger partial charge in [-0.3, -0.25) is 9.69 Å². The van der Waals surface area contributed by atoms with Crippen molar-refractivity contribution < 1.29 is 4.79 Å². The van der Waals surface area contributed by atoms with Gasteiger partial charge in [0.05, 0.1) is 10.0 Å². The molecule has 1 aromatic carbocycles. The molecule has 1 amide bonds. The fourth-order valence-corrected chi connectivity index (χ4v) is 3.05. The number of piperidine rings is 1. The Morgan fingerprint density at radius 1 is 1.33 bits per heavy atom. The smallest absolute Gasteiger partial charge is 0.223 e. The van der Waals surface area contributed by atoms with Crippen LogP contribution in [0.3, 0.4) is 0 Å². The second-order valence-corrected chi connectivity index (χ2v) is 6.71. The van der Waals surface area contributed by atoms with Gasteiger partial charge in [-0.25, -0.2) is 0 Å². The number of carbonyl (C=O) groups excluding carboxylic acids is 1. The Kier molecular flexibility index (Phi) is 5.91. The summed E-state index contributed by atoms with van der Waals surface area (Å²) in [6.07, 6.45) is 1.80. The number of amides is 1. The molecule has 1 saturated heterocycles. The highest BCUT2D eigenvalue weighted by molar-refractivity contribution is 6.42. The van der Waals surface area contributed by atoms with Crippen LogP contribution in [-0.2, 0) is 11.3 Å². The van der Waals surface area contributed by atoms with Gasteiger partial charge in [0.25, 0.3) is 0 Å². The van der Waals surface area contributed by atoms with E-state index in [0.29, 0.717) is 10.0 Å². The molecular weight excluding hydrogens is 307 g/mol. The molecule has 0 saturated carbocycles. The average Bonchev–Trinajstić information content (AvgIpc) is 2.44. The molecule has 0 radical (unpaired) electrons. The molecule has 1 fully saturated rings. The Bertz CT molecular complexity index is 497. The predicted molar refractivity (Wildman–Crippen MR) is 87.7 cm³/mol. The van der Waals surface area contributed by atoms with Gasteiger partial charge < -0.3 is 5.32 Å². The van der Waals surface area contributed by atoms with Crippen molar-refractivity contribution in [3.63, 3.8) is 0 Å². The summed E-state index contributed by atoms with van der Waals surface area (Å²) in [5.41, 5.74) is 1.05. The number of hydrogen-bond donors (Lipinski definition) is 1. The molecular formula is C16H22Cl2N2O. The summed E-state index contributed by atoms with van der Waals surface area (Å²) in [5.74, 6) is 0.323. The van der Waals surface area contributed by atoms with Crippen molar-refractivity contribution in [2.24, 2.45) is 5.92 Å². The van der Waals surface area contributed by atoms with Crippen LogP contribution in [0.5, 0.6) is 0 Å². The van der Waals surface area contributed by atoms with E-state index in [0.717, 1.165) is 38.0 Å². The van der Waals surface area contributed by atoms with Gasteiger partial charge in [0.2, 0.25) is 5.91 Å². The van der Waals surface area contributed by atoms with Crippen LogP contribution in [0.15, 0.2) is 18.2 Å². The molecule has 0 atom stereocenters. The SMILES string of the molecule is CC(C)NC(=O)C1CCN(Cc2cccc(Cl)c2Cl)CC1. The second kappa shape index (κ2) is 7.48. The zero-order valence-corrected chi connectivity index (χ0v) is 14.0. The Labute approximate surface area is 136 Å². The van der Waals surface area contributed by atoms with Crippen molar-refractivity contribution in [3.05, 3.63) is 33.8 Å². The van der Waals surface area contributed by atoms with E-state index in [1.165, 1.54) is 0 Å². The lowest BCUT2D eigenvalue weighted by Crippen LogP contribution is -2.42. The van der Waals surface area contributed by atoms with Crippen molar-refractivity contribution in [1.82, 2.24) is 10.2 Å². The summed E-state index contributed by atoms with van der Waals surface area (Å²) in [6.45, 7) is 6.61. The molecule has 1 N–H and O–H groups in total. The number of hydrogen-bond acceptors (Lipinski definition) is 2. The van der Waals surface area contributed by atoms with E-state index < -0.39 is 0 Å². The van der Waals surface area contributed by atoms with E-state index in [1.54, 1.807) is 6.07 Å². The van der Waals surface area contributed by atoms with Crippen molar-refractivity contribution in [3.8, 4) is 0 Å². The molecule has 5 heteroatoms. The van der Waals surface area contributed by atoms with Gasteiger partial charge in [0.15, 0.2) is 0 Å². The van der Waals surface area contributed by atoms with Gasteiger partial charge in [-0.1, -0.05) is 35.3 Å². The van der Waals surface area contributed by atoms with E-state index in [9.17, 15) is 4.79 Å². The molecule has 21 heavy (non-hydrogen) atoms. The number of likely N-dealkylation sites (tertiary alicyclic amines) is 1. The second-order valence-electron chi connectivity index (χ2n) is 5.93. The highest BCUT2D eigenvalue weighted by Crippen LogP contribution is 2.28. The zero-order valence-electron chi connectivity index (χ0n) is 12.5. The molecule has 1 aliphatic heterocycles. The summed E-state index contributed by atoms with van der Waals surface area (Å²) in [4.78, 5) is 14.3. The Balaban J connectivity index is 1.87. The van der Waals surface area contributed by atoms with Crippen molar-refractivity contribution >= 4 is 29.1 Å². The fourth-order valence-electron chi connectivity index (χ4n) is 2.67. The van der Waals surface area contributed by atoms with Crippen molar-refractivity contribution in [2.45, 2.75) is 39.3 Å². The molecule has 116 valence electrons. The molecule has 0 aliphatic carbocycles. The molecule has 0 unspecified atom stereocenters. The van der Waals surface area contributed by atoms with Gasteiger partial charge in [-0.2, -0.15) is 0 Å². The number of carbonyl (C=O) groups is 1. The Morgan fingerprint density at radius 3 is 2.62 bits per heavy atom. The van der Waals surface area contributed by atoms with Crippen LogP contribution in [0, 0.1) is 5.92 Å². The van der Waals surface area contributed by atoms with Gasteiger partial charge in [0.1, 0.15) is 0 Å². The summed E-state index contributed by atoms with van der Waals surface area (Å²) >= 11 is 12.3. The van der Waals surface area contributed by atoms with Crippen molar-refractivity contribution in [2.75, 3.05) is 13.1 Å². The Hall–Kier alpha value is -0.770. The van der Waals surface area contributed by atoms with Gasteiger partial charge >= 0.3 is 0 Å². The zero-order chi connectivity index (χ0) is 15.4. The standard InChI is InChI=1S/C16H22Cl2N2O/c1-11(2)19-16(21)12-6-8-20(9-7-12)10-13-4-3-5-14(17)15(13)18/h3-5,11-12H,6-10H2,1-2H3,(H,19,21). The summed E-state index contributed by atoms with van der Waals surface area (Å²) in [6, 6.07) is 5.94. The van der Waals surface area contributed by atoms with Crippen LogP contribution in [0.4, 0.5) is 0 Å². The molecule has 2 rings (SSSR count). The van der Waals surface area contributed by atoms with Crippen molar-refractivity contribution in [1.29, 1.82) is 0 Å². The van der Waals surface area contributed by atoms with Crippen LogP contribution in [0.25, 0.3) is 0 Å². The molecule has 3 nitrogen and oxygen atoms in total.